The number of nitrogens with zero attached hydrogens (tertiary/aromatic N) is 2. The fraction of sp³-hybridized carbons (Fsp3) is 0. The summed E-state index contributed by atoms with van der Waals surface area (Å²) in [5.74, 6) is -0.943. The third-order valence-electron chi connectivity index (χ3n) is 2.92. The van der Waals surface area contributed by atoms with Crippen molar-refractivity contribution in [1.29, 1.82) is 0 Å². The van der Waals surface area contributed by atoms with Crippen molar-refractivity contribution in [3.05, 3.63) is 60.4 Å². The summed E-state index contributed by atoms with van der Waals surface area (Å²) in [5.41, 5.74) is 2.36. The molecule has 116 valence electrons. The van der Waals surface area contributed by atoms with Gasteiger partial charge in [0.25, 0.3) is 0 Å². The maximum absolute atomic E-state index is 11.2. The van der Waals surface area contributed by atoms with Crippen LogP contribution in [0.5, 0.6) is 0 Å². The second kappa shape index (κ2) is 8.54. The van der Waals surface area contributed by atoms with E-state index < -0.39 is 5.97 Å². The van der Waals surface area contributed by atoms with Crippen LogP contribution in [0.1, 0.15) is 10.4 Å². The predicted octanol–water partition coefficient (Wildman–Crippen LogP) is 4.26. The molecule has 7 heteroatoms. The molecule has 0 amide bonds. The smallest absolute Gasteiger partial charge is 0.336 e. The third-order valence-corrected chi connectivity index (χ3v) is 2.92. The molecule has 0 radical (unpaired) electrons. The third kappa shape index (κ3) is 3.85. The maximum atomic E-state index is 11.2. The highest BCUT2D eigenvalue weighted by Gasteiger charge is 2.11. The molecule has 0 atom stereocenters. The lowest BCUT2D eigenvalue weighted by Gasteiger charge is -2.06. The normalized spacial score (nSPS) is 9.09. The average molecular weight is 360 g/mol. The summed E-state index contributed by atoms with van der Waals surface area (Å²) in [6.45, 7) is 0. The molecule has 0 aliphatic rings. The Kier molecular flexibility index (Phi) is 7.81. The van der Waals surface area contributed by atoms with Crippen LogP contribution < -0.4 is 0 Å². The zero-order valence-electron chi connectivity index (χ0n) is 11.2. The fourth-order valence-corrected chi connectivity index (χ4v) is 2.03. The van der Waals surface area contributed by atoms with Gasteiger partial charge in [-0.1, -0.05) is 18.2 Å². The van der Waals surface area contributed by atoms with Crippen LogP contribution in [-0.2, 0) is 0 Å². The minimum Gasteiger partial charge on any atom is -0.478 e. The van der Waals surface area contributed by atoms with E-state index in [1.807, 2.05) is 24.3 Å². The molecule has 0 unspecified atom stereocenters. The molecular formula is C15H13Cl3N2O2. The number of carboxylic acid groups (broad SMARTS) is 1. The Morgan fingerprint density at radius 3 is 2.41 bits per heavy atom. The summed E-state index contributed by atoms with van der Waals surface area (Å²) in [6.07, 6.45) is 3.33. The van der Waals surface area contributed by atoms with Crippen LogP contribution in [0.3, 0.4) is 0 Å². The number of hydrogen-bond donors (Lipinski definition) is 1. The molecule has 0 fully saturated rings. The Morgan fingerprint density at radius 2 is 1.68 bits per heavy atom. The van der Waals surface area contributed by atoms with Crippen LogP contribution in [0.2, 0.25) is 0 Å². The summed E-state index contributed by atoms with van der Waals surface area (Å²) in [5, 5.41) is 10.1. The van der Waals surface area contributed by atoms with Crippen molar-refractivity contribution in [2.75, 3.05) is 0 Å². The van der Waals surface area contributed by atoms with Crippen molar-refractivity contribution >= 4 is 54.2 Å². The Balaban J connectivity index is 0.00000147. The van der Waals surface area contributed by atoms with Gasteiger partial charge in [0.15, 0.2) is 5.65 Å². The summed E-state index contributed by atoms with van der Waals surface area (Å²) in [4.78, 5) is 19.6. The summed E-state index contributed by atoms with van der Waals surface area (Å²) in [7, 11) is 0. The number of carbonyl (C=O) groups is 1. The lowest BCUT2D eigenvalue weighted by Crippen LogP contribution is -1.99. The summed E-state index contributed by atoms with van der Waals surface area (Å²) >= 11 is 0. The molecule has 2 aromatic heterocycles. The molecular weight excluding hydrogens is 347 g/mol. The van der Waals surface area contributed by atoms with Gasteiger partial charge in [-0.05, 0) is 29.8 Å². The first-order chi connectivity index (χ1) is 9.25. The Labute approximate surface area is 145 Å². The van der Waals surface area contributed by atoms with Gasteiger partial charge in [0.05, 0.1) is 5.56 Å². The lowest BCUT2D eigenvalue weighted by atomic mass is 10.0. The SMILES string of the molecule is Cl.Cl.Cl.O=C(O)c1ccccc1-c1cnc2ncccc2c1. The quantitative estimate of drug-likeness (QED) is 0.742. The van der Waals surface area contributed by atoms with Gasteiger partial charge in [0, 0.05) is 23.3 Å². The lowest BCUT2D eigenvalue weighted by molar-refractivity contribution is 0.0697. The van der Waals surface area contributed by atoms with E-state index in [9.17, 15) is 9.90 Å². The molecule has 2 heterocycles. The molecule has 0 saturated carbocycles. The van der Waals surface area contributed by atoms with Gasteiger partial charge in [-0.15, -0.1) is 37.2 Å². The fourth-order valence-electron chi connectivity index (χ4n) is 2.03. The van der Waals surface area contributed by atoms with Crippen LogP contribution in [0.4, 0.5) is 0 Å². The molecule has 0 bridgehead atoms. The first kappa shape index (κ1) is 20.1. The van der Waals surface area contributed by atoms with E-state index in [4.69, 9.17) is 0 Å². The van der Waals surface area contributed by atoms with Gasteiger partial charge in [-0.2, -0.15) is 0 Å². The van der Waals surface area contributed by atoms with E-state index in [-0.39, 0.29) is 42.8 Å². The van der Waals surface area contributed by atoms with Crippen LogP contribution in [0, 0.1) is 0 Å². The number of fused-ring (bicyclic) bond motifs is 1. The summed E-state index contributed by atoms with van der Waals surface area (Å²) in [6, 6.07) is 12.5. The molecule has 0 aliphatic heterocycles. The number of rotatable bonds is 2. The van der Waals surface area contributed by atoms with E-state index in [1.54, 1.807) is 30.6 Å². The molecule has 1 N–H and O–H groups in total. The number of hydrogen-bond acceptors (Lipinski definition) is 3. The number of carboxylic acids is 1. The largest absolute Gasteiger partial charge is 0.478 e. The zero-order chi connectivity index (χ0) is 13.2. The molecule has 22 heavy (non-hydrogen) atoms. The molecule has 0 aliphatic carbocycles. The van der Waals surface area contributed by atoms with Gasteiger partial charge in [-0.3, -0.25) is 0 Å². The second-order valence-corrected chi connectivity index (χ2v) is 4.12. The van der Waals surface area contributed by atoms with Crippen molar-refractivity contribution in [3.63, 3.8) is 0 Å². The Morgan fingerprint density at radius 1 is 0.955 bits per heavy atom. The molecule has 0 saturated heterocycles. The molecule has 3 rings (SSSR count). The standard InChI is InChI=1S/C15H10N2O2.3ClH/c18-15(19)13-6-2-1-5-12(13)11-8-10-4-3-7-16-14(10)17-9-11;;;/h1-9H,(H,18,19);3*1H. The molecule has 3 aromatic rings. The van der Waals surface area contributed by atoms with Crippen molar-refractivity contribution in [2.45, 2.75) is 0 Å². The minimum atomic E-state index is -0.943. The monoisotopic (exact) mass is 358 g/mol. The topological polar surface area (TPSA) is 63.1 Å². The predicted molar refractivity (Wildman–Crippen MR) is 93.7 cm³/mol. The van der Waals surface area contributed by atoms with E-state index in [0.29, 0.717) is 11.2 Å². The van der Waals surface area contributed by atoms with Crippen molar-refractivity contribution in [3.8, 4) is 11.1 Å². The number of aromatic nitrogens is 2. The van der Waals surface area contributed by atoms with E-state index in [2.05, 4.69) is 9.97 Å². The first-order valence-corrected chi connectivity index (χ1v) is 5.79. The zero-order valence-corrected chi connectivity index (χ0v) is 13.6. The van der Waals surface area contributed by atoms with Gasteiger partial charge >= 0.3 is 5.97 Å². The van der Waals surface area contributed by atoms with Crippen molar-refractivity contribution < 1.29 is 9.90 Å². The highest BCUT2D eigenvalue weighted by molar-refractivity contribution is 5.96. The first-order valence-electron chi connectivity index (χ1n) is 5.79. The van der Waals surface area contributed by atoms with Crippen LogP contribution >= 0.6 is 37.2 Å². The Hall–Kier alpha value is -1.88. The average Bonchev–Trinajstić information content (AvgIpc) is 2.46. The van der Waals surface area contributed by atoms with Gasteiger partial charge in [0.2, 0.25) is 0 Å². The van der Waals surface area contributed by atoms with Crippen LogP contribution in [0.25, 0.3) is 22.2 Å². The number of halogens is 3. The van der Waals surface area contributed by atoms with E-state index in [0.717, 1.165) is 10.9 Å². The van der Waals surface area contributed by atoms with E-state index in [1.165, 1.54) is 0 Å². The van der Waals surface area contributed by atoms with Crippen LogP contribution in [0.15, 0.2) is 54.9 Å². The van der Waals surface area contributed by atoms with Crippen LogP contribution in [-0.4, -0.2) is 21.0 Å². The molecule has 1 aromatic carbocycles. The maximum Gasteiger partial charge on any atom is 0.336 e. The Bertz CT molecular complexity index is 781. The molecule has 0 spiro atoms. The number of benzene rings is 1. The van der Waals surface area contributed by atoms with Gasteiger partial charge < -0.3 is 5.11 Å². The van der Waals surface area contributed by atoms with Gasteiger partial charge in [-0.25, -0.2) is 14.8 Å². The highest BCUT2D eigenvalue weighted by atomic mass is 35.5. The number of pyridine rings is 2. The van der Waals surface area contributed by atoms with Crippen molar-refractivity contribution in [1.82, 2.24) is 9.97 Å². The molecule has 4 nitrogen and oxygen atoms in total. The summed E-state index contributed by atoms with van der Waals surface area (Å²) < 4.78 is 0. The van der Waals surface area contributed by atoms with Gasteiger partial charge in [0.1, 0.15) is 0 Å². The highest BCUT2D eigenvalue weighted by Crippen LogP contribution is 2.25. The number of aromatic carboxylic acids is 1. The van der Waals surface area contributed by atoms with E-state index >= 15 is 0 Å². The minimum absolute atomic E-state index is 0. The van der Waals surface area contributed by atoms with Crippen molar-refractivity contribution in [2.24, 2.45) is 0 Å². The second-order valence-electron chi connectivity index (χ2n) is 4.12.